The van der Waals surface area contributed by atoms with Crippen LogP contribution >= 0.6 is 11.8 Å². The summed E-state index contributed by atoms with van der Waals surface area (Å²) in [5, 5.41) is 3.19. The van der Waals surface area contributed by atoms with Gasteiger partial charge in [0, 0.05) is 21.8 Å². The van der Waals surface area contributed by atoms with Gasteiger partial charge in [0.05, 0.1) is 17.5 Å². The predicted octanol–water partition coefficient (Wildman–Crippen LogP) is 3.09. The van der Waals surface area contributed by atoms with Gasteiger partial charge in [-0.2, -0.15) is 0 Å². The Morgan fingerprint density at radius 1 is 1.23 bits per heavy atom. The standard InChI is InChI=1S/C19H23N3O3S/c1-10-17(13(4)23)11(2)22-18(10)19(25)12(3)21-14-7-5-6-8-15(14)26-9-16(20)24/h5-8,12,21-22H,9H2,1-4H3,(H2,20,24). The summed E-state index contributed by atoms with van der Waals surface area (Å²) in [5.41, 5.74) is 8.34. The summed E-state index contributed by atoms with van der Waals surface area (Å²) in [5.74, 6) is -0.433. The first-order valence-electron chi connectivity index (χ1n) is 8.23. The van der Waals surface area contributed by atoms with Gasteiger partial charge in [-0.15, -0.1) is 11.8 Å². The maximum absolute atomic E-state index is 12.8. The first kappa shape index (κ1) is 19.8. The summed E-state index contributed by atoms with van der Waals surface area (Å²) in [4.78, 5) is 39.5. The van der Waals surface area contributed by atoms with Gasteiger partial charge in [0.25, 0.3) is 0 Å². The van der Waals surface area contributed by atoms with Crippen molar-refractivity contribution in [1.29, 1.82) is 0 Å². The molecular weight excluding hydrogens is 350 g/mol. The van der Waals surface area contributed by atoms with Crippen LogP contribution in [-0.4, -0.2) is 34.3 Å². The van der Waals surface area contributed by atoms with Crippen LogP contribution in [0.2, 0.25) is 0 Å². The van der Waals surface area contributed by atoms with E-state index in [1.54, 1.807) is 20.8 Å². The number of hydrogen-bond acceptors (Lipinski definition) is 5. The normalized spacial score (nSPS) is 11.8. The van der Waals surface area contributed by atoms with Crippen molar-refractivity contribution in [2.24, 2.45) is 5.73 Å². The van der Waals surface area contributed by atoms with Crippen molar-refractivity contribution in [2.75, 3.05) is 11.1 Å². The lowest BCUT2D eigenvalue weighted by molar-refractivity contribution is -0.115. The maximum Gasteiger partial charge on any atom is 0.227 e. The highest BCUT2D eigenvalue weighted by atomic mass is 32.2. The van der Waals surface area contributed by atoms with Crippen molar-refractivity contribution in [2.45, 2.75) is 38.6 Å². The Bertz CT molecular complexity index is 858. The molecule has 26 heavy (non-hydrogen) atoms. The lowest BCUT2D eigenvalue weighted by atomic mass is 10.0. The summed E-state index contributed by atoms with van der Waals surface area (Å²) < 4.78 is 0. The van der Waals surface area contributed by atoms with E-state index in [0.29, 0.717) is 22.5 Å². The molecule has 0 aliphatic heterocycles. The third-order valence-corrected chi connectivity index (χ3v) is 5.15. The minimum absolute atomic E-state index is 0.0656. The molecule has 6 nitrogen and oxygen atoms in total. The number of H-pyrrole nitrogens is 1. The van der Waals surface area contributed by atoms with Gasteiger partial charge in [-0.05, 0) is 45.4 Å². The fourth-order valence-corrected chi connectivity index (χ4v) is 3.66. The van der Waals surface area contributed by atoms with Crippen molar-refractivity contribution in [3.05, 3.63) is 46.8 Å². The van der Waals surface area contributed by atoms with E-state index in [1.807, 2.05) is 24.3 Å². The molecule has 2 rings (SSSR count). The molecule has 1 atom stereocenters. The highest BCUT2D eigenvalue weighted by Gasteiger charge is 2.24. The largest absolute Gasteiger partial charge is 0.374 e. The van der Waals surface area contributed by atoms with Gasteiger partial charge in [0.2, 0.25) is 11.7 Å². The smallest absolute Gasteiger partial charge is 0.227 e. The van der Waals surface area contributed by atoms with Crippen LogP contribution < -0.4 is 11.1 Å². The van der Waals surface area contributed by atoms with E-state index in [2.05, 4.69) is 10.3 Å². The van der Waals surface area contributed by atoms with Crippen LogP contribution in [0.3, 0.4) is 0 Å². The number of aromatic nitrogens is 1. The van der Waals surface area contributed by atoms with Crippen molar-refractivity contribution < 1.29 is 14.4 Å². The molecule has 138 valence electrons. The summed E-state index contributed by atoms with van der Waals surface area (Å²) in [7, 11) is 0. The quantitative estimate of drug-likeness (QED) is 0.487. The lowest BCUT2D eigenvalue weighted by Crippen LogP contribution is -2.27. The van der Waals surface area contributed by atoms with Crippen LogP contribution in [0, 0.1) is 13.8 Å². The van der Waals surface area contributed by atoms with Crippen LogP contribution in [0.25, 0.3) is 0 Å². The number of benzene rings is 1. The molecule has 0 radical (unpaired) electrons. The van der Waals surface area contributed by atoms with Gasteiger partial charge in [0.1, 0.15) is 0 Å². The van der Waals surface area contributed by atoms with E-state index < -0.39 is 11.9 Å². The number of rotatable bonds is 8. The Kier molecular flexibility index (Phi) is 6.26. The average Bonchev–Trinajstić information content (AvgIpc) is 2.87. The number of para-hydroxylation sites is 1. The van der Waals surface area contributed by atoms with E-state index in [0.717, 1.165) is 10.6 Å². The van der Waals surface area contributed by atoms with Crippen molar-refractivity contribution in [3.8, 4) is 0 Å². The first-order valence-corrected chi connectivity index (χ1v) is 9.22. The van der Waals surface area contributed by atoms with Crippen molar-refractivity contribution >= 4 is 34.9 Å². The average molecular weight is 373 g/mol. The van der Waals surface area contributed by atoms with Crippen molar-refractivity contribution in [3.63, 3.8) is 0 Å². The van der Waals surface area contributed by atoms with E-state index in [1.165, 1.54) is 18.7 Å². The minimum Gasteiger partial charge on any atom is -0.374 e. The molecule has 1 amide bonds. The number of aryl methyl sites for hydroxylation is 1. The van der Waals surface area contributed by atoms with E-state index in [4.69, 9.17) is 5.73 Å². The van der Waals surface area contributed by atoms with E-state index in [9.17, 15) is 14.4 Å². The molecule has 0 saturated heterocycles. The summed E-state index contributed by atoms with van der Waals surface area (Å²) >= 11 is 1.32. The number of nitrogens with one attached hydrogen (secondary N) is 2. The van der Waals surface area contributed by atoms with Gasteiger partial charge >= 0.3 is 0 Å². The number of thioether (sulfide) groups is 1. The third-order valence-electron chi connectivity index (χ3n) is 4.06. The molecule has 0 aliphatic rings. The number of amides is 1. The van der Waals surface area contributed by atoms with Gasteiger partial charge in [0.15, 0.2) is 5.78 Å². The fourth-order valence-electron chi connectivity index (χ4n) is 2.90. The minimum atomic E-state index is -0.512. The van der Waals surface area contributed by atoms with Crippen LogP contribution in [0.4, 0.5) is 5.69 Å². The number of primary amides is 1. The number of anilines is 1. The lowest BCUT2D eigenvalue weighted by Gasteiger charge is -2.17. The second kappa shape index (κ2) is 8.23. The number of hydrogen-bond donors (Lipinski definition) is 3. The van der Waals surface area contributed by atoms with Crippen LogP contribution in [0.5, 0.6) is 0 Å². The molecule has 0 aliphatic carbocycles. The predicted molar refractivity (Wildman–Crippen MR) is 104 cm³/mol. The maximum atomic E-state index is 12.8. The third kappa shape index (κ3) is 4.35. The molecule has 4 N–H and O–H groups in total. The molecule has 0 saturated carbocycles. The Morgan fingerprint density at radius 2 is 1.88 bits per heavy atom. The molecule has 1 aromatic carbocycles. The summed E-state index contributed by atoms with van der Waals surface area (Å²) in [6.07, 6.45) is 0. The van der Waals surface area contributed by atoms with Crippen LogP contribution in [0.15, 0.2) is 29.2 Å². The molecule has 1 aromatic heterocycles. The molecule has 1 unspecified atom stereocenters. The summed E-state index contributed by atoms with van der Waals surface area (Å²) in [6.45, 7) is 6.82. The number of aromatic amines is 1. The highest BCUT2D eigenvalue weighted by molar-refractivity contribution is 8.00. The molecule has 7 heteroatoms. The molecular formula is C19H23N3O3S. The zero-order valence-corrected chi connectivity index (χ0v) is 16.1. The SMILES string of the molecule is CC(=O)c1c(C)[nH]c(C(=O)C(C)Nc2ccccc2SCC(N)=O)c1C. The van der Waals surface area contributed by atoms with Crippen LogP contribution in [-0.2, 0) is 4.79 Å². The molecule has 2 aromatic rings. The highest BCUT2D eigenvalue weighted by Crippen LogP contribution is 2.28. The Hall–Kier alpha value is -2.54. The number of Topliss-reactive ketones (excluding diaryl/α,β-unsaturated/α-hetero) is 2. The number of ketones is 2. The first-order chi connectivity index (χ1) is 12.2. The Labute approximate surface area is 156 Å². The fraction of sp³-hybridized carbons (Fsp3) is 0.316. The van der Waals surface area contributed by atoms with Gasteiger partial charge in [-0.1, -0.05) is 12.1 Å². The van der Waals surface area contributed by atoms with E-state index >= 15 is 0 Å². The van der Waals surface area contributed by atoms with Crippen LogP contribution in [0.1, 0.15) is 46.0 Å². The zero-order chi connectivity index (χ0) is 19.4. The van der Waals surface area contributed by atoms with Gasteiger partial charge < -0.3 is 16.0 Å². The number of nitrogens with two attached hydrogens (primary N) is 1. The topological polar surface area (TPSA) is 105 Å². The monoisotopic (exact) mass is 373 g/mol. The number of carbonyl (C=O) groups is 3. The second-order valence-electron chi connectivity index (χ2n) is 6.16. The molecule has 0 fully saturated rings. The molecule has 1 heterocycles. The second-order valence-corrected chi connectivity index (χ2v) is 7.18. The number of carbonyl (C=O) groups excluding carboxylic acids is 3. The van der Waals surface area contributed by atoms with Gasteiger partial charge in [-0.3, -0.25) is 14.4 Å². The summed E-state index contributed by atoms with van der Waals surface area (Å²) in [6, 6.07) is 6.91. The Morgan fingerprint density at radius 3 is 2.46 bits per heavy atom. The molecule has 0 bridgehead atoms. The Balaban J connectivity index is 2.22. The zero-order valence-electron chi connectivity index (χ0n) is 15.3. The molecule has 0 spiro atoms. The van der Waals surface area contributed by atoms with Crippen molar-refractivity contribution in [1.82, 2.24) is 4.98 Å². The van der Waals surface area contributed by atoms with E-state index in [-0.39, 0.29) is 17.3 Å². The van der Waals surface area contributed by atoms with Gasteiger partial charge in [-0.25, -0.2) is 0 Å².